The molecule has 5 heteroatoms. The molecule has 0 aliphatic rings. The molecule has 0 bridgehead atoms. The quantitative estimate of drug-likeness (QED) is 0.808. The molecule has 0 aliphatic carbocycles. The first kappa shape index (κ1) is 7.54. The van der Waals surface area contributed by atoms with Gasteiger partial charge in [-0.2, -0.15) is 0 Å². The van der Waals surface area contributed by atoms with Gasteiger partial charge in [-0.25, -0.2) is 9.97 Å². The molecule has 0 saturated heterocycles. The molecule has 4 nitrogen and oxygen atoms in total. The summed E-state index contributed by atoms with van der Waals surface area (Å²) < 4.78 is 5.71. The first-order valence-electron chi connectivity index (χ1n) is 3.35. The van der Waals surface area contributed by atoms with Crippen molar-refractivity contribution in [3.05, 3.63) is 17.0 Å². The molecule has 2 aromatic rings. The van der Waals surface area contributed by atoms with Crippen LogP contribution in [0.5, 0.6) is 5.88 Å². The Morgan fingerprint density at radius 2 is 2.42 bits per heavy atom. The Morgan fingerprint density at radius 1 is 1.58 bits per heavy atom. The van der Waals surface area contributed by atoms with Crippen LogP contribution < -0.4 is 4.74 Å². The van der Waals surface area contributed by atoms with Crippen LogP contribution in [0.3, 0.4) is 0 Å². The van der Waals surface area contributed by atoms with Crippen molar-refractivity contribution in [3.63, 3.8) is 0 Å². The fourth-order valence-electron chi connectivity index (χ4n) is 1.03. The lowest BCUT2D eigenvalue weighted by molar-refractivity contribution is 0.402. The van der Waals surface area contributed by atoms with Gasteiger partial charge in [-0.15, -0.1) is 0 Å². The fraction of sp³-hybridized carbons (Fsp3) is 0.143. The van der Waals surface area contributed by atoms with Gasteiger partial charge in [-0.05, 0) is 22.0 Å². The number of aromatic nitrogens is 3. The van der Waals surface area contributed by atoms with Crippen molar-refractivity contribution < 1.29 is 4.74 Å². The number of fused-ring (bicyclic) bond motifs is 1. The van der Waals surface area contributed by atoms with Crippen LogP contribution in [0.1, 0.15) is 0 Å². The molecule has 0 fully saturated rings. The van der Waals surface area contributed by atoms with E-state index < -0.39 is 0 Å². The molecule has 0 amide bonds. The standard InChI is InChI=1S/C7H6BrN3O/c1-12-6-5-4(2-3-9-6)10-7(8)11-5/h2-3H,1H3,(H,10,11). The molecular weight excluding hydrogens is 222 g/mol. The second kappa shape index (κ2) is 2.75. The smallest absolute Gasteiger partial charge is 0.241 e. The number of H-pyrrole nitrogens is 1. The number of hydrogen-bond donors (Lipinski definition) is 1. The number of ether oxygens (including phenoxy) is 1. The van der Waals surface area contributed by atoms with E-state index in [4.69, 9.17) is 4.74 Å². The van der Waals surface area contributed by atoms with Crippen LogP contribution in [0.25, 0.3) is 11.0 Å². The van der Waals surface area contributed by atoms with Crippen LogP contribution >= 0.6 is 15.9 Å². The van der Waals surface area contributed by atoms with Crippen LogP contribution in [0, 0.1) is 0 Å². The van der Waals surface area contributed by atoms with Gasteiger partial charge in [0, 0.05) is 6.20 Å². The molecule has 0 atom stereocenters. The molecule has 2 heterocycles. The summed E-state index contributed by atoms with van der Waals surface area (Å²) in [5.74, 6) is 0.537. The Morgan fingerprint density at radius 3 is 3.17 bits per heavy atom. The highest BCUT2D eigenvalue weighted by Crippen LogP contribution is 2.21. The largest absolute Gasteiger partial charge is 0.479 e. The number of hydrogen-bond acceptors (Lipinski definition) is 3. The number of nitrogens with one attached hydrogen (secondary N) is 1. The van der Waals surface area contributed by atoms with Crippen LogP contribution in [0.2, 0.25) is 0 Å². The van der Waals surface area contributed by atoms with Crippen molar-refractivity contribution in [1.29, 1.82) is 0 Å². The van der Waals surface area contributed by atoms with Gasteiger partial charge in [0.2, 0.25) is 5.88 Å². The predicted octanol–water partition coefficient (Wildman–Crippen LogP) is 1.73. The lowest BCUT2D eigenvalue weighted by Gasteiger charge is -1.96. The molecule has 0 aromatic carbocycles. The van der Waals surface area contributed by atoms with E-state index in [0.29, 0.717) is 10.6 Å². The van der Waals surface area contributed by atoms with Gasteiger partial charge in [0.1, 0.15) is 0 Å². The zero-order valence-corrected chi connectivity index (χ0v) is 7.92. The third-order valence-corrected chi connectivity index (χ3v) is 1.91. The van der Waals surface area contributed by atoms with E-state index in [1.54, 1.807) is 13.3 Å². The molecule has 62 valence electrons. The highest BCUT2D eigenvalue weighted by molar-refractivity contribution is 9.10. The minimum Gasteiger partial charge on any atom is -0.479 e. The van der Waals surface area contributed by atoms with Crippen molar-refractivity contribution in [1.82, 2.24) is 15.0 Å². The minimum absolute atomic E-state index is 0.537. The minimum atomic E-state index is 0.537. The van der Waals surface area contributed by atoms with Crippen molar-refractivity contribution >= 4 is 27.0 Å². The lowest BCUT2D eigenvalue weighted by Crippen LogP contribution is -1.87. The Hall–Kier alpha value is -1.10. The van der Waals surface area contributed by atoms with Crippen molar-refractivity contribution in [2.45, 2.75) is 0 Å². The van der Waals surface area contributed by atoms with Crippen LogP contribution in [-0.4, -0.2) is 22.1 Å². The first-order valence-corrected chi connectivity index (χ1v) is 4.15. The Kier molecular flexibility index (Phi) is 1.73. The summed E-state index contributed by atoms with van der Waals surface area (Å²) in [6.07, 6.45) is 1.67. The second-order valence-electron chi connectivity index (χ2n) is 2.24. The normalized spacial score (nSPS) is 10.5. The average Bonchev–Trinajstić information content (AvgIpc) is 2.44. The van der Waals surface area contributed by atoms with Crippen molar-refractivity contribution in [3.8, 4) is 5.88 Å². The summed E-state index contributed by atoms with van der Waals surface area (Å²) in [6, 6.07) is 1.84. The third kappa shape index (κ3) is 1.06. The highest BCUT2D eigenvalue weighted by Gasteiger charge is 2.05. The van der Waals surface area contributed by atoms with E-state index in [1.807, 2.05) is 6.07 Å². The molecule has 0 unspecified atom stereocenters. The Labute approximate surface area is 77.1 Å². The number of aromatic amines is 1. The second-order valence-corrected chi connectivity index (χ2v) is 3.00. The van der Waals surface area contributed by atoms with E-state index >= 15 is 0 Å². The third-order valence-electron chi connectivity index (χ3n) is 1.53. The summed E-state index contributed by atoms with van der Waals surface area (Å²) in [4.78, 5) is 11.2. The maximum absolute atomic E-state index is 5.03. The zero-order chi connectivity index (χ0) is 8.55. The van der Waals surface area contributed by atoms with Crippen molar-refractivity contribution in [2.75, 3.05) is 7.11 Å². The topological polar surface area (TPSA) is 50.8 Å². The molecular formula is C7H6BrN3O. The van der Waals surface area contributed by atoms with Gasteiger partial charge in [-0.3, -0.25) is 0 Å². The number of nitrogens with zero attached hydrogens (tertiary/aromatic N) is 2. The molecule has 2 aromatic heterocycles. The summed E-state index contributed by atoms with van der Waals surface area (Å²) in [7, 11) is 1.57. The van der Waals surface area contributed by atoms with Crippen LogP contribution in [0.15, 0.2) is 17.0 Å². The highest BCUT2D eigenvalue weighted by atomic mass is 79.9. The van der Waals surface area contributed by atoms with Gasteiger partial charge in [-0.1, -0.05) is 0 Å². The SMILES string of the molecule is COc1nccc2[nH]c(Br)nc12. The zero-order valence-electron chi connectivity index (χ0n) is 6.34. The Balaban J connectivity index is 2.78. The van der Waals surface area contributed by atoms with Crippen LogP contribution in [0.4, 0.5) is 0 Å². The van der Waals surface area contributed by atoms with E-state index in [2.05, 4.69) is 30.9 Å². The first-order chi connectivity index (χ1) is 5.81. The maximum atomic E-state index is 5.03. The molecule has 0 saturated carbocycles. The summed E-state index contributed by atoms with van der Waals surface area (Å²) >= 11 is 3.24. The van der Waals surface area contributed by atoms with E-state index in [0.717, 1.165) is 11.0 Å². The summed E-state index contributed by atoms with van der Waals surface area (Å²) in [6.45, 7) is 0. The van der Waals surface area contributed by atoms with Gasteiger partial charge in [0.05, 0.1) is 12.6 Å². The lowest BCUT2D eigenvalue weighted by atomic mass is 10.4. The summed E-state index contributed by atoms with van der Waals surface area (Å²) in [5, 5.41) is 0. The number of rotatable bonds is 1. The molecule has 0 radical (unpaired) electrons. The fourth-order valence-corrected chi connectivity index (χ4v) is 1.42. The van der Waals surface area contributed by atoms with Gasteiger partial charge < -0.3 is 9.72 Å². The van der Waals surface area contributed by atoms with Gasteiger partial charge >= 0.3 is 0 Å². The van der Waals surface area contributed by atoms with E-state index in [9.17, 15) is 0 Å². The molecule has 1 N–H and O–H groups in total. The average molecular weight is 228 g/mol. The number of halogens is 1. The molecule has 2 rings (SSSR count). The molecule has 0 spiro atoms. The number of methoxy groups -OCH3 is 1. The van der Waals surface area contributed by atoms with E-state index in [1.165, 1.54) is 0 Å². The predicted molar refractivity (Wildman–Crippen MR) is 48.1 cm³/mol. The molecule has 12 heavy (non-hydrogen) atoms. The maximum Gasteiger partial charge on any atom is 0.241 e. The Bertz CT molecular complexity index is 412. The monoisotopic (exact) mass is 227 g/mol. The number of imidazole rings is 1. The van der Waals surface area contributed by atoms with Gasteiger partial charge in [0.15, 0.2) is 10.3 Å². The summed E-state index contributed by atoms with van der Waals surface area (Å²) in [5.41, 5.74) is 1.65. The van der Waals surface area contributed by atoms with E-state index in [-0.39, 0.29) is 0 Å². The van der Waals surface area contributed by atoms with Gasteiger partial charge in [0.25, 0.3) is 0 Å². The van der Waals surface area contributed by atoms with Crippen molar-refractivity contribution in [2.24, 2.45) is 0 Å². The molecule has 0 aliphatic heterocycles. The number of pyridine rings is 1. The van der Waals surface area contributed by atoms with Crippen LogP contribution in [-0.2, 0) is 0 Å².